The quantitative estimate of drug-likeness (QED) is 0.667. The van der Waals surface area contributed by atoms with Crippen LogP contribution in [0.25, 0.3) is 0 Å². The van der Waals surface area contributed by atoms with Gasteiger partial charge in [0.1, 0.15) is 0 Å². The van der Waals surface area contributed by atoms with Crippen molar-refractivity contribution in [3.63, 3.8) is 0 Å². The van der Waals surface area contributed by atoms with E-state index in [0.29, 0.717) is 5.92 Å². The van der Waals surface area contributed by atoms with Gasteiger partial charge in [0.15, 0.2) is 0 Å². The Bertz CT molecular complexity index is 153. The smallest absolute Gasteiger partial charge is 0.0827 e. The third-order valence-electron chi connectivity index (χ3n) is 3.63. The highest BCUT2D eigenvalue weighted by atomic mass is 16.3. The van der Waals surface area contributed by atoms with E-state index in [2.05, 4.69) is 6.92 Å². The van der Waals surface area contributed by atoms with E-state index in [0.717, 1.165) is 32.1 Å². The lowest BCUT2D eigenvalue weighted by Gasteiger charge is -2.29. The summed E-state index contributed by atoms with van der Waals surface area (Å²) in [6, 6.07) is 0. The van der Waals surface area contributed by atoms with Crippen LogP contribution >= 0.6 is 0 Å². The van der Waals surface area contributed by atoms with E-state index in [9.17, 15) is 10.2 Å². The summed E-state index contributed by atoms with van der Waals surface area (Å²) < 4.78 is 0. The summed E-state index contributed by atoms with van der Waals surface area (Å²) in [6.45, 7) is 2.16. The summed E-state index contributed by atoms with van der Waals surface area (Å²) in [4.78, 5) is 0. The second-order valence-electron chi connectivity index (χ2n) is 4.95. The van der Waals surface area contributed by atoms with Crippen molar-refractivity contribution in [2.45, 2.75) is 76.9 Å². The molecule has 90 valence electrons. The molecule has 1 rings (SSSR count). The Labute approximate surface area is 93.7 Å². The summed E-state index contributed by atoms with van der Waals surface area (Å²) in [6.07, 6.45) is 9.15. The maximum absolute atomic E-state index is 9.99. The Hall–Kier alpha value is -0.0800. The van der Waals surface area contributed by atoms with Gasteiger partial charge in [-0.15, -0.1) is 0 Å². The molecule has 0 radical (unpaired) electrons. The molecule has 2 atom stereocenters. The normalized spacial score (nSPS) is 22.6. The first-order chi connectivity index (χ1) is 7.25. The molecule has 2 unspecified atom stereocenters. The zero-order valence-electron chi connectivity index (χ0n) is 9.99. The van der Waals surface area contributed by atoms with Crippen LogP contribution in [0.2, 0.25) is 0 Å². The summed E-state index contributed by atoms with van der Waals surface area (Å²) in [5.74, 6) is 0.357. The summed E-state index contributed by atoms with van der Waals surface area (Å²) >= 11 is 0. The van der Waals surface area contributed by atoms with Crippen LogP contribution in [0.4, 0.5) is 0 Å². The van der Waals surface area contributed by atoms with Gasteiger partial charge in [0.2, 0.25) is 0 Å². The zero-order chi connectivity index (χ0) is 11.1. The number of aliphatic hydroxyl groups excluding tert-OH is 2. The second kappa shape index (κ2) is 7.24. The fourth-order valence-electron chi connectivity index (χ4n) is 2.56. The van der Waals surface area contributed by atoms with Crippen LogP contribution in [0.15, 0.2) is 0 Å². The van der Waals surface area contributed by atoms with Crippen molar-refractivity contribution in [3.8, 4) is 0 Å². The van der Waals surface area contributed by atoms with E-state index < -0.39 is 12.2 Å². The minimum absolute atomic E-state index is 0.357. The fourth-order valence-corrected chi connectivity index (χ4v) is 2.56. The summed E-state index contributed by atoms with van der Waals surface area (Å²) in [5.41, 5.74) is 0. The maximum atomic E-state index is 9.99. The van der Waals surface area contributed by atoms with Crippen LogP contribution in [-0.2, 0) is 0 Å². The van der Waals surface area contributed by atoms with Crippen molar-refractivity contribution < 1.29 is 10.2 Å². The second-order valence-corrected chi connectivity index (χ2v) is 4.95. The average Bonchev–Trinajstić information content (AvgIpc) is 2.29. The predicted molar refractivity (Wildman–Crippen MR) is 62.7 cm³/mol. The molecular weight excluding hydrogens is 188 g/mol. The van der Waals surface area contributed by atoms with Gasteiger partial charge >= 0.3 is 0 Å². The highest BCUT2D eigenvalue weighted by Crippen LogP contribution is 2.28. The molecule has 0 aromatic carbocycles. The Morgan fingerprint density at radius 1 is 1.07 bits per heavy atom. The van der Waals surface area contributed by atoms with Crippen molar-refractivity contribution in [3.05, 3.63) is 0 Å². The van der Waals surface area contributed by atoms with E-state index >= 15 is 0 Å². The molecule has 1 aliphatic carbocycles. The number of hydrogen-bond donors (Lipinski definition) is 2. The molecule has 1 aliphatic rings. The van der Waals surface area contributed by atoms with E-state index in [1.807, 2.05) is 0 Å². The average molecular weight is 214 g/mol. The molecule has 2 nitrogen and oxygen atoms in total. The van der Waals surface area contributed by atoms with Gasteiger partial charge in [0.05, 0.1) is 12.2 Å². The Balaban J connectivity index is 2.21. The number of aliphatic hydroxyl groups is 2. The largest absolute Gasteiger partial charge is 0.390 e. The molecule has 1 saturated carbocycles. The van der Waals surface area contributed by atoms with Crippen molar-refractivity contribution in [2.75, 3.05) is 0 Å². The number of unbranched alkanes of at least 4 members (excludes halogenated alkanes) is 2. The molecule has 0 aromatic rings. The molecule has 15 heavy (non-hydrogen) atoms. The van der Waals surface area contributed by atoms with E-state index in [-0.39, 0.29) is 0 Å². The van der Waals surface area contributed by atoms with Gasteiger partial charge in [-0.1, -0.05) is 45.4 Å². The maximum Gasteiger partial charge on any atom is 0.0827 e. The van der Waals surface area contributed by atoms with Crippen LogP contribution in [0.5, 0.6) is 0 Å². The van der Waals surface area contributed by atoms with Crippen LogP contribution in [0.3, 0.4) is 0 Å². The lowest BCUT2D eigenvalue weighted by Crippen LogP contribution is -2.34. The van der Waals surface area contributed by atoms with Crippen molar-refractivity contribution >= 4 is 0 Å². The predicted octanol–water partition coefficient (Wildman–Crippen LogP) is 2.87. The molecule has 0 aromatic heterocycles. The lowest BCUT2D eigenvalue weighted by atomic mass is 9.82. The van der Waals surface area contributed by atoms with Gasteiger partial charge in [-0.25, -0.2) is 0 Å². The molecule has 2 heteroatoms. The Morgan fingerprint density at radius 2 is 1.73 bits per heavy atom. The molecular formula is C13H26O2. The fraction of sp³-hybridized carbons (Fsp3) is 1.00. The highest BCUT2D eigenvalue weighted by molar-refractivity contribution is 4.78. The zero-order valence-corrected chi connectivity index (χ0v) is 9.99. The summed E-state index contributed by atoms with van der Waals surface area (Å²) in [7, 11) is 0. The standard InChI is InChI=1S/C13H26O2/c1-2-3-5-10-12(14)13(15)11-8-6-4-7-9-11/h11-15H,2-10H2,1H3. The van der Waals surface area contributed by atoms with Crippen molar-refractivity contribution in [1.29, 1.82) is 0 Å². The topological polar surface area (TPSA) is 40.5 Å². The first kappa shape index (κ1) is 13.0. The Morgan fingerprint density at radius 3 is 2.33 bits per heavy atom. The molecule has 0 aliphatic heterocycles. The lowest BCUT2D eigenvalue weighted by molar-refractivity contribution is -0.0314. The SMILES string of the molecule is CCCCCC(O)C(O)C1CCCCC1. The van der Waals surface area contributed by atoms with Crippen molar-refractivity contribution in [1.82, 2.24) is 0 Å². The van der Waals surface area contributed by atoms with E-state index in [1.165, 1.54) is 25.7 Å². The molecule has 2 N–H and O–H groups in total. The van der Waals surface area contributed by atoms with Crippen molar-refractivity contribution in [2.24, 2.45) is 5.92 Å². The highest BCUT2D eigenvalue weighted by Gasteiger charge is 2.26. The number of hydrogen-bond acceptors (Lipinski definition) is 2. The molecule has 0 saturated heterocycles. The van der Waals surface area contributed by atoms with Gasteiger partial charge in [0.25, 0.3) is 0 Å². The minimum Gasteiger partial charge on any atom is -0.390 e. The van der Waals surface area contributed by atoms with Gasteiger partial charge in [0, 0.05) is 0 Å². The molecule has 0 amide bonds. The van der Waals surface area contributed by atoms with E-state index in [1.54, 1.807) is 0 Å². The van der Waals surface area contributed by atoms with Crippen LogP contribution < -0.4 is 0 Å². The van der Waals surface area contributed by atoms with Gasteiger partial charge in [-0.2, -0.15) is 0 Å². The van der Waals surface area contributed by atoms with Gasteiger partial charge < -0.3 is 10.2 Å². The molecule has 0 heterocycles. The molecule has 0 spiro atoms. The van der Waals surface area contributed by atoms with Gasteiger partial charge in [-0.05, 0) is 25.2 Å². The van der Waals surface area contributed by atoms with E-state index in [4.69, 9.17) is 0 Å². The first-order valence-corrected chi connectivity index (χ1v) is 6.61. The van der Waals surface area contributed by atoms with Crippen LogP contribution in [0.1, 0.15) is 64.7 Å². The molecule has 1 fully saturated rings. The first-order valence-electron chi connectivity index (χ1n) is 6.61. The number of rotatable bonds is 6. The van der Waals surface area contributed by atoms with Crippen LogP contribution in [0, 0.1) is 5.92 Å². The minimum atomic E-state index is -0.486. The molecule has 0 bridgehead atoms. The summed E-state index contributed by atoms with van der Waals surface area (Å²) in [5, 5.41) is 19.8. The third kappa shape index (κ3) is 4.52. The van der Waals surface area contributed by atoms with Crippen LogP contribution in [-0.4, -0.2) is 22.4 Å². The Kier molecular flexibility index (Phi) is 6.26. The third-order valence-corrected chi connectivity index (χ3v) is 3.63. The van der Waals surface area contributed by atoms with Gasteiger partial charge in [-0.3, -0.25) is 0 Å². The monoisotopic (exact) mass is 214 g/mol.